The molecule has 0 spiro atoms. The zero-order chi connectivity index (χ0) is 38.2. The molecule has 0 amide bonds. The van der Waals surface area contributed by atoms with Crippen LogP contribution < -0.4 is 0 Å². The Morgan fingerprint density at radius 2 is 1.06 bits per heavy atom. The fourth-order valence-corrected chi connectivity index (χ4v) is 7.53. The highest BCUT2D eigenvalue weighted by Crippen LogP contribution is 2.40. The van der Waals surface area contributed by atoms with E-state index in [9.17, 15) is 4.11 Å². The Labute approximate surface area is 300 Å². The number of furan rings is 1. The maximum atomic E-state index is 9.49. The van der Waals surface area contributed by atoms with Crippen molar-refractivity contribution >= 4 is 53.4 Å². The summed E-state index contributed by atoms with van der Waals surface area (Å²) in [7, 11) is 0. The Bertz CT molecular complexity index is 3200. The van der Waals surface area contributed by atoms with Crippen LogP contribution in [0.3, 0.4) is 0 Å². The molecule has 0 N–H and O–H groups in total. The number of thiophene rings is 1. The van der Waals surface area contributed by atoms with Gasteiger partial charge in [-0.25, -0.2) is 15.0 Å². The Balaban J connectivity index is 1.19. The molecule has 10 rings (SSSR count). The lowest BCUT2D eigenvalue weighted by Gasteiger charge is -2.09. The predicted molar refractivity (Wildman–Crippen MR) is 207 cm³/mol. The smallest absolute Gasteiger partial charge is 0.164 e. The van der Waals surface area contributed by atoms with Crippen LogP contribution >= 0.6 is 11.3 Å². The summed E-state index contributed by atoms with van der Waals surface area (Å²) < 4.78 is 63.4. The van der Waals surface area contributed by atoms with E-state index in [1.54, 1.807) is 11.3 Å². The zero-order valence-electron chi connectivity index (χ0n) is 32.3. The number of para-hydroxylation sites is 1. The van der Waals surface area contributed by atoms with Crippen LogP contribution in [0.2, 0.25) is 0 Å². The average molecular weight is 664 g/mol. The van der Waals surface area contributed by atoms with Crippen LogP contribution in [0, 0.1) is 0 Å². The number of nitrogens with zero attached hydrogens (tertiary/aromatic N) is 3. The maximum Gasteiger partial charge on any atom is 0.164 e. The van der Waals surface area contributed by atoms with Crippen LogP contribution in [0.25, 0.3) is 98.5 Å². The maximum absolute atomic E-state index is 9.49. The predicted octanol–water partition coefficient (Wildman–Crippen LogP) is 12.5. The minimum Gasteiger partial charge on any atom is -0.455 e. The third-order valence-electron chi connectivity index (χ3n) is 8.87. The van der Waals surface area contributed by atoms with Gasteiger partial charge in [0.15, 0.2) is 17.5 Å². The summed E-state index contributed by atoms with van der Waals surface area (Å²) in [6.07, 6.45) is 0. The molecule has 0 aliphatic rings. The van der Waals surface area contributed by atoms with Crippen molar-refractivity contribution in [3.63, 3.8) is 0 Å². The van der Waals surface area contributed by atoms with Gasteiger partial charge < -0.3 is 4.42 Å². The fourth-order valence-electron chi connectivity index (χ4n) is 6.39. The van der Waals surface area contributed by atoms with Gasteiger partial charge in [-0.05, 0) is 40.9 Å². The van der Waals surface area contributed by atoms with Crippen molar-refractivity contribution in [3.8, 4) is 56.4 Å². The van der Waals surface area contributed by atoms with Crippen molar-refractivity contribution in [1.29, 1.82) is 0 Å². The van der Waals surface area contributed by atoms with Gasteiger partial charge in [-0.15, -0.1) is 11.3 Å². The summed E-state index contributed by atoms with van der Waals surface area (Å²) in [5, 5.41) is 2.37. The second kappa shape index (κ2) is 11.6. The number of hydrogen-bond acceptors (Lipinski definition) is 5. The highest BCUT2D eigenvalue weighted by Gasteiger charge is 2.17. The van der Waals surface area contributed by atoms with E-state index in [0.717, 1.165) is 31.3 Å². The second-order valence-corrected chi connectivity index (χ2v) is 13.0. The minimum absolute atomic E-state index is 0.0238. The summed E-state index contributed by atoms with van der Waals surface area (Å²) >= 11 is 1.62. The lowest BCUT2D eigenvalue weighted by molar-refractivity contribution is 0.670. The summed E-state index contributed by atoms with van der Waals surface area (Å²) in [6, 6.07) is 39.4. The Hall–Kier alpha value is -6.43. The lowest BCUT2D eigenvalue weighted by Crippen LogP contribution is -2.00. The number of hydrogen-bond donors (Lipinski definition) is 0. The van der Waals surface area contributed by atoms with Gasteiger partial charge in [0.2, 0.25) is 0 Å². The quantitative estimate of drug-likeness (QED) is 0.184. The molecule has 0 aliphatic carbocycles. The highest BCUT2D eigenvalue weighted by molar-refractivity contribution is 7.25. The molecule has 0 saturated heterocycles. The first-order chi connectivity index (χ1) is 27.3. The molecule has 0 aliphatic heterocycles. The lowest BCUT2D eigenvalue weighted by atomic mass is 10.0. The summed E-state index contributed by atoms with van der Waals surface area (Å²) in [5.74, 6) is 0.683. The molecule has 234 valence electrons. The van der Waals surface area contributed by atoms with Gasteiger partial charge in [0.05, 0.1) is 8.22 Å². The molecule has 3 aromatic heterocycles. The molecule has 0 saturated carbocycles. The van der Waals surface area contributed by atoms with E-state index in [1.807, 2.05) is 115 Å². The number of fused-ring (bicyclic) bond motifs is 6. The minimum atomic E-state index is -0.332. The van der Waals surface area contributed by atoms with E-state index < -0.39 is 0 Å². The van der Waals surface area contributed by atoms with Crippen LogP contribution in [-0.2, 0) is 0 Å². The zero-order valence-corrected chi connectivity index (χ0v) is 27.1. The summed E-state index contributed by atoms with van der Waals surface area (Å²) in [5.41, 5.74) is 4.43. The molecule has 4 nitrogen and oxygen atoms in total. The van der Waals surface area contributed by atoms with Crippen LogP contribution in [0.4, 0.5) is 0 Å². The van der Waals surface area contributed by atoms with Gasteiger partial charge in [0.1, 0.15) is 11.2 Å². The topological polar surface area (TPSA) is 51.8 Å². The first-order valence-electron chi connectivity index (χ1n) is 19.1. The molecular formula is C45H27N3OS. The molecule has 0 radical (unpaired) electrons. The van der Waals surface area contributed by atoms with E-state index >= 15 is 0 Å². The molecule has 0 fully saturated rings. The summed E-state index contributed by atoms with van der Waals surface area (Å²) in [6.45, 7) is 0. The van der Waals surface area contributed by atoms with Crippen LogP contribution in [-0.4, -0.2) is 15.0 Å². The van der Waals surface area contributed by atoms with Gasteiger partial charge in [-0.1, -0.05) is 139 Å². The molecule has 0 atom stereocenters. The monoisotopic (exact) mass is 663 g/mol. The standard InChI is InChI=1S/C45H27N3OS/c1-3-10-28(11-4-1)29-18-20-31(21-19-29)44-46-43(30-12-5-2-6-13-30)47-45(48-44)33-23-24-35-38-16-9-15-34(42(38)49-39(35)26-33)32-22-25-37-36-14-7-8-17-40(36)50-41(37)27-32/h1-27H/i9D,15D,16D,23D,24D,26D. The fraction of sp³-hybridized carbons (Fsp3) is 0. The third kappa shape index (κ3) is 4.87. The van der Waals surface area contributed by atoms with Crippen molar-refractivity contribution in [3.05, 3.63) is 164 Å². The Morgan fingerprint density at radius 1 is 0.460 bits per heavy atom. The second-order valence-electron chi connectivity index (χ2n) is 11.9. The van der Waals surface area contributed by atoms with E-state index in [1.165, 1.54) is 0 Å². The molecule has 0 bridgehead atoms. The van der Waals surface area contributed by atoms with Gasteiger partial charge in [-0.3, -0.25) is 0 Å². The largest absolute Gasteiger partial charge is 0.455 e. The summed E-state index contributed by atoms with van der Waals surface area (Å²) in [4.78, 5) is 14.4. The number of rotatable bonds is 5. The first kappa shape index (κ1) is 23.0. The van der Waals surface area contributed by atoms with Crippen molar-refractivity contribution < 1.29 is 12.6 Å². The van der Waals surface area contributed by atoms with Crippen LogP contribution in [0.5, 0.6) is 0 Å². The number of benzene rings is 7. The van der Waals surface area contributed by atoms with E-state index in [-0.39, 0.29) is 75.1 Å². The van der Waals surface area contributed by atoms with Crippen molar-refractivity contribution in [2.24, 2.45) is 0 Å². The molecule has 50 heavy (non-hydrogen) atoms. The van der Waals surface area contributed by atoms with Gasteiger partial charge in [0.25, 0.3) is 0 Å². The van der Waals surface area contributed by atoms with Crippen LogP contribution in [0.1, 0.15) is 8.22 Å². The van der Waals surface area contributed by atoms with Crippen molar-refractivity contribution in [2.45, 2.75) is 0 Å². The van der Waals surface area contributed by atoms with E-state index in [0.29, 0.717) is 28.3 Å². The van der Waals surface area contributed by atoms with E-state index in [4.69, 9.17) is 23.5 Å². The molecule has 0 unspecified atom stereocenters. The molecule has 3 heterocycles. The van der Waals surface area contributed by atoms with Crippen LogP contribution in [0.15, 0.2) is 168 Å². The van der Waals surface area contributed by atoms with Gasteiger partial charge >= 0.3 is 0 Å². The van der Waals surface area contributed by atoms with Crippen molar-refractivity contribution in [2.75, 3.05) is 0 Å². The molecule has 5 heteroatoms. The Morgan fingerprint density at radius 3 is 1.84 bits per heavy atom. The highest BCUT2D eigenvalue weighted by atomic mass is 32.1. The first-order valence-corrected chi connectivity index (χ1v) is 16.9. The van der Waals surface area contributed by atoms with E-state index in [2.05, 4.69) is 12.1 Å². The van der Waals surface area contributed by atoms with Gasteiger partial charge in [0, 0.05) is 53.2 Å². The average Bonchev–Trinajstić information content (AvgIpc) is 3.82. The Kier molecular flexibility index (Phi) is 5.35. The molecule has 10 aromatic rings. The molecule has 7 aromatic carbocycles. The molecular weight excluding hydrogens is 631 g/mol. The normalized spacial score (nSPS) is 13.3. The number of aromatic nitrogens is 3. The SMILES string of the molecule is [2H]c1c([2H])c([2H])c2c(oc3c([2H])c(-c4nc(-c5ccccc5)nc(-c5ccc(-c6ccccc6)cc5)n4)c([2H])c([2H])c32)c1-c1ccc2c(c1)sc1ccccc12. The van der Waals surface area contributed by atoms with Crippen molar-refractivity contribution in [1.82, 2.24) is 15.0 Å². The third-order valence-corrected chi connectivity index (χ3v) is 10.0. The van der Waals surface area contributed by atoms with Gasteiger partial charge in [-0.2, -0.15) is 0 Å².